The van der Waals surface area contributed by atoms with E-state index in [0.717, 1.165) is 0 Å². The molecule has 0 bridgehead atoms. The lowest BCUT2D eigenvalue weighted by Crippen LogP contribution is -2.29. The molecule has 0 aliphatic carbocycles. The second-order valence-electron chi connectivity index (χ2n) is 4.70. The molecular formula is C12H14BrClN2O3. The number of nitrogens with zero attached hydrogens (tertiary/aromatic N) is 1. The van der Waals surface area contributed by atoms with Crippen LogP contribution in [0.4, 0.5) is 4.79 Å². The summed E-state index contributed by atoms with van der Waals surface area (Å²) in [4.78, 5) is 11.3. The number of hydrogen-bond acceptors (Lipinski definition) is 4. The summed E-state index contributed by atoms with van der Waals surface area (Å²) in [5.74, 6) is -0.111. The van der Waals surface area contributed by atoms with Gasteiger partial charge >= 0.3 is 6.09 Å². The smallest absolute Gasteiger partial charge is 0.428 e. The highest BCUT2D eigenvalue weighted by Crippen LogP contribution is 2.30. The zero-order chi connectivity index (χ0) is 14.6. The normalized spacial score (nSPS) is 11.6. The molecule has 104 valence electrons. The number of phenols is 1. The van der Waals surface area contributed by atoms with Crippen LogP contribution in [-0.2, 0) is 4.74 Å². The first-order valence-electron chi connectivity index (χ1n) is 5.39. The second kappa shape index (κ2) is 6.25. The van der Waals surface area contributed by atoms with Crippen LogP contribution in [0.2, 0.25) is 5.02 Å². The highest BCUT2D eigenvalue weighted by molar-refractivity contribution is 9.10. The molecule has 1 aromatic rings. The number of ether oxygens (including phenoxy) is 1. The van der Waals surface area contributed by atoms with Gasteiger partial charge in [0.05, 0.1) is 11.2 Å². The molecule has 2 N–H and O–H groups in total. The summed E-state index contributed by atoms with van der Waals surface area (Å²) in [6, 6.07) is 3.16. The van der Waals surface area contributed by atoms with Gasteiger partial charge in [0.2, 0.25) is 0 Å². The fourth-order valence-electron chi connectivity index (χ4n) is 1.14. The number of hydrazone groups is 1. The maximum absolute atomic E-state index is 11.3. The first-order chi connectivity index (χ1) is 8.69. The fraction of sp³-hybridized carbons (Fsp3) is 0.333. The van der Waals surface area contributed by atoms with Gasteiger partial charge in [0.15, 0.2) is 0 Å². The number of rotatable bonds is 2. The third kappa shape index (κ3) is 5.48. The highest BCUT2D eigenvalue weighted by atomic mass is 79.9. The lowest BCUT2D eigenvalue weighted by atomic mass is 10.2. The Hall–Kier alpha value is -1.27. The number of amides is 1. The van der Waals surface area contributed by atoms with Crippen LogP contribution >= 0.6 is 27.5 Å². The van der Waals surface area contributed by atoms with Crippen LogP contribution in [0.25, 0.3) is 0 Å². The number of benzene rings is 1. The van der Waals surface area contributed by atoms with E-state index in [2.05, 4.69) is 26.5 Å². The average Bonchev–Trinajstić information content (AvgIpc) is 2.22. The van der Waals surface area contributed by atoms with Crippen LogP contribution in [0, 0.1) is 0 Å². The van der Waals surface area contributed by atoms with E-state index in [0.29, 0.717) is 10.0 Å². The molecule has 0 atom stereocenters. The predicted octanol–water partition coefficient (Wildman–Crippen LogP) is 3.67. The minimum atomic E-state index is -0.677. The number of phenolic OH excluding ortho intramolecular Hbond substituents is 1. The molecule has 5 nitrogen and oxygen atoms in total. The molecule has 0 heterocycles. The molecule has 1 amide bonds. The average molecular weight is 350 g/mol. The number of carbonyl (C=O) groups is 1. The number of nitrogens with one attached hydrogen (secondary N) is 1. The standard InChI is InChI=1S/C12H14BrClN2O3/c1-12(2,3)19-11(18)16-15-6-7-4-8(13)5-9(14)10(7)17/h4-6,17H,1-3H3,(H,16,18)/b15-6+. The summed E-state index contributed by atoms with van der Waals surface area (Å²) in [5.41, 5.74) is 1.97. The van der Waals surface area contributed by atoms with Gasteiger partial charge in [-0.05, 0) is 32.9 Å². The zero-order valence-corrected chi connectivity index (χ0v) is 13.0. The van der Waals surface area contributed by atoms with E-state index in [9.17, 15) is 9.90 Å². The Kier molecular flexibility index (Phi) is 5.20. The van der Waals surface area contributed by atoms with Crippen LogP contribution in [0.5, 0.6) is 5.75 Å². The lowest BCUT2D eigenvalue weighted by Gasteiger charge is -2.18. The highest BCUT2D eigenvalue weighted by Gasteiger charge is 2.15. The Bertz CT molecular complexity index is 512. The maximum Gasteiger partial charge on any atom is 0.428 e. The second-order valence-corrected chi connectivity index (χ2v) is 6.02. The molecule has 0 saturated carbocycles. The van der Waals surface area contributed by atoms with Crippen LogP contribution in [-0.4, -0.2) is 23.0 Å². The Labute approximate surface area is 124 Å². The van der Waals surface area contributed by atoms with Crippen LogP contribution in [0.15, 0.2) is 21.7 Å². The molecule has 0 unspecified atom stereocenters. The van der Waals surface area contributed by atoms with Gasteiger partial charge in [0.25, 0.3) is 0 Å². The molecule has 7 heteroatoms. The van der Waals surface area contributed by atoms with Gasteiger partial charge in [0, 0.05) is 10.0 Å². The minimum Gasteiger partial charge on any atom is -0.506 e. The van der Waals surface area contributed by atoms with Crippen molar-refractivity contribution in [1.82, 2.24) is 5.43 Å². The van der Waals surface area contributed by atoms with Crippen molar-refractivity contribution in [3.63, 3.8) is 0 Å². The van der Waals surface area contributed by atoms with Crippen LogP contribution in [0.3, 0.4) is 0 Å². The topological polar surface area (TPSA) is 70.9 Å². The van der Waals surface area contributed by atoms with Gasteiger partial charge in [-0.15, -0.1) is 0 Å². The SMILES string of the molecule is CC(C)(C)OC(=O)N/N=C/c1cc(Br)cc(Cl)c1O. The fourth-order valence-corrected chi connectivity index (χ4v) is 1.97. The third-order valence-electron chi connectivity index (χ3n) is 1.82. The number of aromatic hydroxyl groups is 1. The molecule has 0 spiro atoms. The van der Waals surface area contributed by atoms with E-state index in [1.54, 1.807) is 32.9 Å². The molecule has 0 fully saturated rings. The molecular weight excluding hydrogens is 336 g/mol. The summed E-state index contributed by atoms with van der Waals surface area (Å²) >= 11 is 9.03. The van der Waals surface area contributed by atoms with Gasteiger partial charge < -0.3 is 9.84 Å². The molecule has 0 aliphatic heterocycles. The molecule has 0 aromatic heterocycles. The predicted molar refractivity (Wildman–Crippen MR) is 77.8 cm³/mol. The Balaban J connectivity index is 2.71. The quantitative estimate of drug-likeness (QED) is 0.632. The van der Waals surface area contributed by atoms with E-state index < -0.39 is 11.7 Å². The zero-order valence-electron chi connectivity index (χ0n) is 10.7. The van der Waals surface area contributed by atoms with Gasteiger partial charge in [-0.1, -0.05) is 27.5 Å². The number of halogens is 2. The van der Waals surface area contributed by atoms with E-state index in [1.165, 1.54) is 6.21 Å². The monoisotopic (exact) mass is 348 g/mol. The molecule has 0 aliphatic rings. The maximum atomic E-state index is 11.3. The van der Waals surface area contributed by atoms with Crippen molar-refractivity contribution in [2.45, 2.75) is 26.4 Å². The van der Waals surface area contributed by atoms with Gasteiger partial charge in [-0.2, -0.15) is 5.10 Å². The van der Waals surface area contributed by atoms with Gasteiger partial charge in [-0.25, -0.2) is 10.2 Å². The van der Waals surface area contributed by atoms with Gasteiger partial charge in [0.1, 0.15) is 11.4 Å². The van der Waals surface area contributed by atoms with Crippen molar-refractivity contribution >= 4 is 39.8 Å². The Morgan fingerprint density at radius 3 is 2.74 bits per heavy atom. The molecule has 1 aromatic carbocycles. The first-order valence-corrected chi connectivity index (χ1v) is 6.56. The van der Waals surface area contributed by atoms with Crippen molar-refractivity contribution in [1.29, 1.82) is 0 Å². The molecule has 1 rings (SSSR count). The summed E-state index contributed by atoms with van der Waals surface area (Å²) in [6.45, 7) is 5.24. The molecule has 19 heavy (non-hydrogen) atoms. The van der Waals surface area contributed by atoms with E-state index in [4.69, 9.17) is 16.3 Å². The van der Waals surface area contributed by atoms with E-state index in [-0.39, 0.29) is 10.8 Å². The van der Waals surface area contributed by atoms with Crippen molar-refractivity contribution in [3.8, 4) is 5.75 Å². The van der Waals surface area contributed by atoms with Crippen molar-refractivity contribution < 1.29 is 14.6 Å². The summed E-state index contributed by atoms with van der Waals surface area (Å²) in [6.07, 6.45) is 0.597. The molecule has 0 saturated heterocycles. The first kappa shape index (κ1) is 15.8. The van der Waals surface area contributed by atoms with Crippen LogP contribution in [0.1, 0.15) is 26.3 Å². The summed E-state index contributed by atoms with van der Waals surface area (Å²) in [5, 5.41) is 13.6. The van der Waals surface area contributed by atoms with E-state index >= 15 is 0 Å². The largest absolute Gasteiger partial charge is 0.506 e. The lowest BCUT2D eigenvalue weighted by molar-refractivity contribution is 0.0529. The Morgan fingerprint density at radius 1 is 1.53 bits per heavy atom. The minimum absolute atomic E-state index is 0.111. The van der Waals surface area contributed by atoms with E-state index in [1.807, 2.05) is 0 Å². The summed E-state index contributed by atoms with van der Waals surface area (Å²) in [7, 11) is 0. The van der Waals surface area contributed by atoms with Crippen molar-refractivity contribution in [2.75, 3.05) is 0 Å². The number of carbonyl (C=O) groups excluding carboxylic acids is 1. The number of hydrogen-bond donors (Lipinski definition) is 2. The van der Waals surface area contributed by atoms with Crippen LogP contribution < -0.4 is 5.43 Å². The van der Waals surface area contributed by atoms with Gasteiger partial charge in [-0.3, -0.25) is 0 Å². The van der Waals surface area contributed by atoms with Crippen molar-refractivity contribution in [3.05, 3.63) is 27.2 Å². The summed E-state index contributed by atoms with van der Waals surface area (Å²) < 4.78 is 5.68. The van der Waals surface area contributed by atoms with Crippen molar-refractivity contribution in [2.24, 2.45) is 5.10 Å². The molecule has 0 radical (unpaired) electrons. The Morgan fingerprint density at radius 2 is 2.16 bits per heavy atom. The third-order valence-corrected chi connectivity index (χ3v) is 2.56.